The monoisotopic (exact) mass is 437 g/mol. The van der Waals surface area contributed by atoms with Gasteiger partial charge in [0, 0.05) is 68.5 Å². The van der Waals surface area contributed by atoms with Crippen LogP contribution in [0.5, 0.6) is 0 Å². The molecule has 2 aromatic heterocycles. The van der Waals surface area contributed by atoms with E-state index in [2.05, 4.69) is 49.5 Å². The van der Waals surface area contributed by atoms with Crippen molar-refractivity contribution in [3.8, 4) is 11.3 Å². The molecule has 31 heavy (non-hydrogen) atoms. The Morgan fingerprint density at radius 3 is 2.77 bits per heavy atom. The lowest BCUT2D eigenvalue weighted by Gasteiger charge is -2.34. The third-order valence-electron chi connectivity index (χ3n) is 5.97. The molecule has 1 aliphatic carbocycles. The zero-order chi connectivity index (χ0) is 21.4. The van der Waals surface area contributed by atoms with E-state index in [0.29, 0.717) is 5.56 Å². The Morgan fingerprint density at radius 2 is 1.97 bits per heavy atom. The number of pyridine rings is 1. The predicted molar refractivity (Wildman–Crippen MR) is 126 cm³/mol. The molecule has 162 valence electrons. The quantitative estimate of drug-likeness (QED) is 0.419. The van der Waals surface area contributed by atoms with Crippen LogP contribution in [-0.2, 0) is 13.0 Å². The average Bonchev–Trinajstić information content (AvgIpc) is 3.17. The Labute approximate surface area is 185 Å². The third kappa shape index (κ3) is 4.49. The average molecular weight is 438 g/mol. The number of nitrogens with zero attached hydrogens (tertiary/aromatic N) is 3. The van der Waals surface area contributed by atoms with E-state index >= 15 is 0 Å². The summed E-state index contributed by atoms with van der Waals surface area (Å²) < 4.78 is 3.32. The molecule has 3 aromatic rings. The van der Waals surface area contributed by atoms with Crippen molar-refractivity contribution >= 4 is 29.1 Å². The highest BCUT2D eigenvalue weighted by Crippen LogP contribution is 2.26. The summed E-state index contributed by atoms with van der Waals surface area (Å²) in [6.45, 7) is 4.67. The summed E-state index contributed by atoms with van der Waals surface area (Å²) in [6, 6.07) is 10.6. The number of fused-ring (bicyclic) bond motifs is 2. The van der Waals surface area contributed by atoms with Crippen LogP contribution in [0.4, 0.5) is 0 Å². The van der Waals surface area contributed by atoms with Crippen LogP contribution < -0.4 is 5.56 Å². The van der Waals surface area contributed by atoms with Crippen molar-refractivity contribution in [1.29, 1.82) is 0 Å². The molecule has 1 aromatic carbocycles. The second kappa shape index (κ2) is 8.64. The first-order valence-electron chi connectivity index (χ1n) is 10.7. The van der Waals surface area contributed by atoms with Crippen molar-refractivity contribution in [1.82, 2.24) is 23.6 Å². The normalized spacial score (nSPS) is 17.5. The molecule has 2 aliphatic rings. The van der Waals surface area contributed by atoms with Gasteiger partial charge in [-0.25, -0.2) is 4.31 Å². The highest BCUT2D eigenvalue weighted by atomic mass is 32.2. The molecule has 0 amide bonds. The van der Waals surface area contributed by atoms with Crippen molar-refractivity contribution in [2.45, 2.75) is 19.4 Å². The van der Waals surface area contributed by atoms with Crippen LogP contribution in [0.25, 0.3) is 28.2 Å². The van der Waals surface area contributed by atoms with E-state index < -0.39 is 0 Å². The number of hydrogen-bond donors (Lipinski definition) is 3. The van der Waals surface area contributed by atoms with Gasteiger partial charge in [0.25, 0.3) is 5.56 Å². The molecule has 1 saturated heterocycles. The van der Waals surface area contributed by atoms with Crippen LogP contribution in [0.1, 0.15) is 23.2 Å². The smallest absolute Gasteiger partial charge is 0.257 e. The number of aromatic amines is 2. The molecule has 8 heteroatoms. The first-order valence-corrected chi connectivity index (χ1v) is 11.4. The van der Waals surface area contributed by atoms with E-state index in [1.165, 1.54) is 23.3 Å². The number of benzene rings is 1. The van der Waals surface area contributed by atoms with Gasteiger partial charge in [-0.1, -0.05) is 12.1 Å². The van der Waals surface area contributed by atoms with Gasteiger partial charge in [0.15, 0.2) is 0 Å². The van der Waals surface area contributed by atoms with Crippen molar-refractivity contribution in [2.75, 3.05) is 33.2 Å². The van der Waals surface area contributed by atoms with Crippen LogP contribution in [0.3, 0.4) is 0 Å². The van der Waals surface area contributed by atoms with Crippen LogP contribution in [0.15, 0.2) is 41.2 Å². The number of aryl methyl sites for hydroxylation is 1. The zero-order valence-corrected chi connectivity index (χ0v) is 18.4. The summed E-state index contributed by atoms with van der Waals surface area (Å²) in [5.74, 6) is 0. The molecular weight excluding hydrogens is 410 g/mol. The summed E-state index contributed by atoms with van der Waals surface area (Å²) in [6.07, 6.45) is 6.08. The van der Waals surface area contributed by atoms with Crippen molar-refractivity contribution in [3.63, 3.8) is 0 Å². The number of rotatable bonds is 5. The molecule has 0 saturated carbocycles. The molecule has 5 rings (SSSR count). The van der Waals surface area contributed by atoms with Crippen LogP contribution in [0.2, 0.25) is 0 Å². The maximum absolute atomic E-state index is 12.7. The standard InChI is InChI=1S/C23H27N5O2S/c1-26(30)31-28-10-8-27(9-11-28)15-16-6-7-21-18(12-16)14-22(24-21)19-13-17-4-2-3-5-20(17)25-23(19)29/h3,5-7,12-14,24,30H,2,4,8-11,15H2,1H3,(H,25,29). The van der Waals surface area contributed by atoms with E-state index in [-0.39, 0.29) is 5.56 Å². The summed E-state index contributed by atoms with van der Waals surface area (Å²) in [7, 11) is 1.65. The second-order valence-corrected chi connectivity index (χ2v) is 9.46. The molecule has 3 N–H and O–H groups in total. The Balaban J connectivity index is 1.33. The Kier molecular flexibility index (Phi) is 5.73. The number of allylic oxidation sites excluding steroid dienone is 1. The van der Waals surface area contributed by atoms with Crippen molar-refractivity contribution < 1.29 is 5.21 Å². The van der Waals surface area contributed by atoms with Gasteiger partial charge in [-0.05, 0) is 54.3 Å². The van der Waals surface area contributed by atoms with Gasteiger partial charge in [0.2, 0.25) is 0 Å². The minimum Gasteiger partial charge on any atom is -0.354 e. The first-order chi connectivity index (χ1) is 15.0. The molecule has 1 aliphatic heterocycles. The van der Waals surface area contributed by atoms with Crippen molar-refractivity contribution in [2.24, 2.45) is 0 Å². The number of aromatic nitrogens is 2. The molecule has 0 bridgehead atoms. The molecular formula is C23H27N5O2S. The highest BCUT2D eigenvalue weighted by molar-refractivity contribution is 7.94. The molecule has 3 heterocycles. The van der Waals surface area contributed by atoms with Crippen LogP contribution >= 0.6 is 12.1 Å². The summed E-state index contributed by atoms with van der Waals surface area (Å²) in [5.41, 5.74) is 5.95. The lowest BCUT2D eigenvalue weighted by Crippen LogP contribution is -2.43. The molecule has 0 spiro atoms. The SMILES string of the molecule is CN(O)SN1CCN(Cc2ccc3[nH]c(-c4cc5c([nH]c4=O)C=CCC5)cc3c2)CC1. The minimum absolute atomic E-state index is 0.0543. The summed E-state index contributed by atoms with van der Waals surface area (Å²) in [5, 5.41) is 10.5. The summed E-state index contributed by atoms with van der Waals surface area (Å²) >= 11 is 1.36. The molecule has 0 unspecified atom stereocenters. The Hall–Kier alpha value is -2.36. The predicted octanol–water partition coefficient (Wildman–Crippen LogP) is 3.48. The van der Waals surface area contributed by atoms with Gasteiger partial charge >= 0.3 is 0 Å². The fourth-order valence-corrected chi connectivity index (χ4v) is 5.06. The van der Waals surface area contributed by atoms with Gasteiger partial charge < -0.3 is 15.2 Å². The van der Waals surface area contributed by atoms with Crippen LogP contribution in [0, 0.1) is 0 Å². The number of nitrogens with one attached hydrogen (secondary N) is 2. The van der Waals surface area contributed by atoms with E-state index in [4.69, 9.17) is 0 Å². The molecule has 0 radical (unpaired) electrons. The van der Waals surface area contributed by atoms with E-state index in [9.17, 15) is 10.0 Å². The Bertz CT molecular complexity index is 1170. The molecule has 7 nitrogen and oxygen atoms in total. The number of piperazine rings is 1. The maximum atomic E-state index is 12.7. The lowest BCUT2D eigenvalue weighted by molar-refractivity contribution is 0.0382. The van der Waals surface area contributed by atoms with E-state index in [1.54, 1.807) is 7.05 Å². The van der Waals surface area contributed by atoms with Crippen molar-refractivity contribution in [3.05, 3.63) is 63.6 Å². The van der Waals surface area contributed by atoms with Gasteiger partial charge in [0.1, 0.15) is 0 Å². The molecule has 1 fully saturated rings. The Morgan fingerprint density at radius 1 is 1.13 bits per heavy atom. The number of hydrogen-bond acceptors (Lipinski definition) is 6. The maximum Gasteiger partial charge on any atom is 0.257 e. The van der Waals surface area contributed by atoms with Gasteiger partial charge in [0.05, 0.1) is 11.3 Å². The fourth-order valence-electron chi connectivity index (χ4n) is 4.40. The topological polar surface area (TPSA) is 78.6 Å². The van der Waals surface area contributed by atoms with E-state index in [1.807, 2.05) is 12.1 Å². The van der Waals surface area contributed by atoms with Gasteiger partial charge in [-0.3, -0.25) is 9.69 Å². The minimum atomic E-state index is -0.0543. The zero-order valence-electron chi connectivity index (χ0n) is 17.6. The van der Waals surface area contributed by atoms with Gasteiger partial charge in [-0.15, -0.1) is 4.47 Å². The number of H-pyrrole nitrogens is 2. The summed E-state index contributed by atoms with van der Waals surface area (Å²) in [4.78, 5) is 21.5. The first kappa shape index (κ1) is 20.5. The number of hydroxylamine groups is 1. The third-order valence-corrected chi connectivity index (χ3v) is 6.80. The second-order valence-electron chi connectivity index (χ2n) is 8.25. The lowest BCUT2D eigenvalue weighted by atomic mass is 9.99. The fraction of sp³-hybridized carbons (Fsp3) is 0.348. The molecule has 0 atom stereocenters. The van der Waals surface area contributed by atoms with Crippen LogP contribution in [-0.4, -0.2) is 62.1 Å². The van der Waals surface area contributed by atoms with Gasteiger partial charge in [-0.2, -0.15) is 0 Å². The van der Waals surface area contributed by atoms with E-state index in [0.717, 1.165) is 72.3 Å². The largest absolute Gasteiger partial charge is 0.354 e. The highest BCUT2D eigenvalue weighted by Gasteiger charge is 2.19.